The maximum absolute atomic E-state index is 11.9. The van der Waals surface area contributed by atoms with E-state index in [1.165, 1.54) is 11.8 Å². The molecule has 0 saturated carbocycles. The van der Waals surface area contributed by atoms with E-state index in [0.717, 1.165) is 11.3 Å². The monoisotopic (exact) mass is 330 g/mol. The molecule has 1 amide bonds. The highest BCUT2D eigenvalue weighted by atomic mass is 32.2. The molecule has 0 aliphatic rings. The molecule has 0 spiro atoms. The van der Waals surface area contributed by atoms with E-state index < -0.39 is 0 Å². The molecule has 23 heavy (non-hydrogen) atoms. The predicted molar refractivity (Wildman–Crippen MR) is 84.5 cm³/mol. The molecule has 0 saturated heterocycles. The van der Waals surface area contributed by atoms with Crippen molar-refractivity contribution < 1.29 is 9.32 Å². The van der Waals surface area contributed by atoms with Gasteiger partial charge in [-0.25, -0.2) is 0 Å². The molecule has 0 radical (unpaired) electrons. The number of carbonyl (C=O) groups is 1. The molecule has 1 aromatic carbocycles. The molecule has 0 unspecified atom stereocenters. The van der Waals surface area contributed by atoms with Crippen LogP contribution in [-0.4, -0.2) is 36.6 Å². The topological polar surface area (TPSA) is 98.7 Å². The van der Waals surface area contributed by atoms with E-state index in [1.54, 1.807) is 13.3 Å². The Kier molecular flexibility index (Phi) is 4.38. The summed E-state index contributed by atoms with van der Waals surface area (Å²) in [6.07, 6.45) is 1.63. The van der Waals surface area contributed by atoms with Gasteiger partial charge in [-0.05, 0) is 25.5 Å². The SMILES string of the molecule is Cc1noc(NC(=O)CSc2nncn2-c2ccccc2C)n1. The van der Waals surface area contributed by atoms with Gasteiger partial charge >= 0.3 is 6.01 Å². The molecule has 0 aliphatic heterocycles. The first-order valence-corrected chi connectivity index (χ1v) is 7.81. The first kappa shape index (κ1) is 15.2. The van der Waals surface area contributed by atoms with Crippen LogP contribution in [0.2, 0.25) is 0 Å². The first-order valence-electron chi connectivity index (χ1n) is 6.82. The molecule has 0 fully saturated rings. The van der Waals surface area contributed by atoms with Crippen molar-refractivity contribution >= 4 is 23.7 Å². The average Bonchev–Trinajstić information content (AvgIpc) is 3.15. The Labute approximate surface area is 136 Å². The minimum Gasteiger partial charge on any atom is -0.315 e. The van der Waals surface area contributed by atoms with Crippen LogP contribution in [0.1, 0.15) is 11.4 Å². The quantitative estimate of drug-likeness (QED) is 0.714. The van der Waals surface area contributed by atoms with Crippen molar-refractivity contribution in [3.8, 4) is 5.69 Å². The first-order chi connectivity index (χ1) is 11.1. The Bertz CT molecular complexity index is 828. The van der Waals surface area contributed by atoms with Gasteiger partial charge in [0.25, 0.3) is 0 Å². The largest absolute Gasteiger partial charge is 0.328 e. The van der Waals surface area contributed by atoms with Gasteiger partial charge in [0.1, 0.15) is 6.33 Å². The van der Waals surface area contributed by atoms with Crippen molar-refractivity contribution in [2.75, 3.05) is 11.1 Å². The van der Waals surface area contributed by atoms with Crippen LogP contribution < -0.4 is 5.32 Å². The van der Waals surface area contributed by atoms with Crippen LogP contribution in [0.15, 0.2) is 40.3 Å². The number of anilines is 1. The molecule has 3 aromatic rings. The third-order valence-corrected chi connectivity index (χ3v) is 3.94. The second-order valence-corrected chi connectivity index (χ2v) is 5.70. The Hall–Kier alpha value is -2.68. The summed E-state index contributed by atoms with van der Waals surface area (Å²) >= 11 is 1.28. The summed E-state index contributed by atoms with van der Waals surface area (Å²) in [6, 6.07) is 7.99. The minimum atomic E-state index is -0.252. The zero-order chi connectivity index (χ0) is 16.2. The predicted octanol–water partition coefficient (Wildman–Crippen LogP) is 2.00. The molecule has 8 nitrogen and oxygen atoms in total. The zero-order valence-electron chi connectivity index (χ0n) is 12.6. The third kappa shape index (κ3) is 3.57. The fourth-order valence-electron chi connectivity index (χ4n) is 1.96. The molecule has 9 heteroatoms. The van der Waals surface area contributed by atoms with E-state index in [4.69, 9.17) is 4.52 Å². The van der Waals surface area contributed by atoms with E-state index in [2.05, 4.69) is 25.7 Å². The molecular formula is C14H14N6O2S. The molecule has 0 atom stereocenters. The van der Waals surface area contributed by atoms with Crippen LogP contribution in [0, 0.1) is 13.8 Å². The lowest BCUT2D eigenvalue weighted by molar-refractivity contribution is -0.114. The standard InChI is InChI=1S/C14H14N6O2S/c1-9-5-3-4-6-11(9)20-8-15-18-14(20)23-7-12(21)17-13-16-10(2)19-22-13/h3-6,8H,7H2,1-2H3,(H,16,17,19,21). The van der Waals surface area contributed by atoms with E-state index in [9.17, 15) is 4.79 Å². The van der Waals surface area contributed by atoms with Crippen molar-refractivity contribution in [1.82, 2.24) is 24.9 Å². The number of hydrogen-bond acceptors (Lipinski definition) is 7. The van der Waals surface area contributed by atoms with Gasteiger partial charge in [-0.2, -0.15) is 4.98 Å². The summed E-state index contributed by atoms with van der Waals surface area (Å²) in [5, 5.41) is 14.8. The molecule has 3 rings (SSSR count). The van der Waals surface area contributed by atoms with E-state index in [-0.39, 0.29) is 17.7 Å². The lowest BCUT2D eigenvalue weighted by Crippen LogP contribution is -2.14. The van der Waals surface area contributed by atoms with Gasteiger partial charge in [0.15, 0.2) is 11.0 Å². The number of benzene rings is 1. The number of hydrogen-bond donors (Lipinski definition) is 1. The molecule has 0 aliphatic carbocycles. The van der Waals surface area contributed by atoms with Gasteiger partial charge in [-0.15, -0.1) is 10.2 Å². The molecule has 2 heterocycles. The zero-order valence-corrected chi connectivity index (χ0v) is 13.4. The van der Waals surface area contributed by atoms with Crippen molar-refractivity contribution in [3.05, 3.63) is 42.0 Å². The normalized spacial score (nSPS) is 10.7. The molecular weight excluding hydrogens is 316 g/mol. The summed E-state index contributed by atoms with van der Waals surface area (Å²) in [5.74, 6) is 0.372. The lowest BCUT2D eigenvalue weighted by Gasteiger charge is -2.08. The highest BCUT2D eigenvalue weighted by molar-refractivity contribution is 7.99. The van der Waals surface area contributed by atoms with Crippen LogP contribution in [0.25, 0.3) is 5.69 Å². The van der Waals surface area contributed by atoms with Crippen LogP contribution >= 0.6 is 11.8 Å². The van der Waals surface area contributed by atoms with Crippen LogP contribution in [0.5, 0.6) is 0 Å². The summed E-state index contributed by atoms with van der Waals surface area (Å²) in [4.78, 5) is 15.8. The number of amides is 1. The lowest BCUT2D eigenvalue weighted by atomic mass is 10.2. The van der Waals surface area contributed by atoms with Gasteiger partial charge in [0, 0.05) is 0 Å². The maximum Gasteiger partial charge on any atom is 0.328 e. The van der Waals surface area contributed by atoms with Gasteiger partial charge in [0.2, 0.25) is 5.91 Å². The van der Waals surface area contributed by atoms with Gasteiger partial charge in [-0.3, -0.25) is 14.7 Å². The number of carbonyl (C=O) groups excluding carboxylic acids is 1. The number of rotatable bonds is 5. The van der Waals surface area contributed by atoms with Crippen molar-refractivity contribution in [2.45, 2.75) is 19.0 Å². The van der Waals surface area contributed by atoms with Crippen LogP contribution in [-0.2, 0) is 4.79 Å². The third-order valence-electron chi connectivity index (χ3n) is 3.00. The number of aryl methyl sites for hydroxylation is 2. The summed E-state index contributed by atoms with van der Waals surface area (Å²) in [6.45, 7) is 3.69. The maximum atomic E-state index is 11.9. The van der Waals surface area contributed by atoms with Crippen molar-refractivity contribution in [2.24, 2.45) is 0 Å². The Morgan fingerprint density at radius 1 is 1.35 bits per heavy atom. The number of nitrogens with one attached hydrogen (secondary N) is 1. The summed E-state index contributed by atoms with van der Waals surface area (Å²) < 4.78 is 6.70. The van der Waals surface area contributed by atoms with E-state index in [0.29, 0.717) is 11.0 Å². The Morgan fingerprint density at radius 3 is 2.91 bits per heavy atom. The number of nitrogens with zero attached hydrogens (tertiary/aromatic N) is 5. The smallest absolute Gasteiger partial charge is 0.315 e. The number of thioether (sulfide) groups is 1. The molecule has 118 valence electrons. The highest BCUT2D eigenvalue weighted by Gasteiger charge is 2.13. The van der Waals surface area contributed by atoms with E-state index in [1.807, 2.05) is 35.8 Å². The number of aromatic nitrogens is 5. The molecule has 2 aromatic heterocycles. The van der Waals surface area contributed by atoms with Gasteiger partial charge in [-0.1, -0.05) is 35.1 Å². The molecule has 1 N–H and O–H groups in total. The van der Waals surface area contributed by atoms with Crippen molar-refractivity contribution in [3.63, 3.8) is 0 Å². The average molecular weight is 330 g/mol. The fourth-order valence-corrected chi connectivity index (χ4v) is 2.68. The van der Waals surface area contributed by atoms with Crippen molar-refractivity contribution in [1.29, 1.82) is 0 Å². The summed E-state index contributed by atoms with van der Waals surface area (Å²) in [5.41, 5.74) is 2.08. The van der Waals surface area contributed by atoms with Gasteiger partial charge in [0.05, 0.1) is 11.4 Å². The number of para-hydroxylation sites is 1. The Balaban J connectivity index is 1.66. The highest BCUT2D eigenvalue weighted by Crippen LogP contribution is 2.21. The van der Waals surface area contributed by atoms with Crippen LogP contribution in [0.4, 0.5) is 6.01 Å². The Morgan fingerprint density at radius 2 is 2.17 bits per heavy atom. The minimum absolute atomic E-state index is 0.0912. The van der Waals surface area contributed by atoms with E-state index >= 15 is 0 Å². The fraction of sp³-hybridized carbons (Fsp3) is 0.214. The summed E-state index contributed by atoms with van der Waals surface area (Å²) in [7, 11) is 0. The second-order valence-electron chi connectivity index (χ2n) is 4.75. The van der Waals surface area contributed by atoms with Gasteiger partial charge < -0.3 is 4.52 Å². The van der Waals surface area contributed by atoms with Crippen LogP contribution in [0.3, 0.4) is 0 Å². The second kappa shape index (κ2) is 6.61. The molecule has 0 bridgehead atoms.